The van der Waals surface area contributed by atoms with Crippen molar-refractivity contribution in [2.75, 3.05) is 45.9 Å². The van der Waals surface area contributed by atoms with Gasteiger partial charge in [0.1, 0.15) is 30.7 Å². The van der Waals surface area contributed by atoms with Gasteiger partial charge >= 0.3 is 5.97 Å². The van der Waals surface area contributed by atoms with Crippen LogP contribution >= 0.6 is 0 Å². The van der Waals surface area contributed by atoms with E-state index in [1.165, 1.54) is 25.1 Å². The van der Waals surface area contributed by atoms with Gasteiger partial charge in [0.15, 0.2) is 34.8 Å². The Kier molecular flexibility index (Phi) is 21.0. The molecule has 9 aromatic rings. The summed E-state index contributed by atoms with van der Waals surface area (Å²) in [4.78, 5) is 54.4. The van der Waals surface area contributed by atoms with Crippen LogP contribution in [0, 0.1) is 53.0 Å². The lowest BCUT2D eigenvalue weighted by Crippen LogP contribution is -2.55. The molecule has 9 heterocycles. The molecular formula is C87H94F3N9O12S. The van der Waals surface area contributed by atoms with Crippen molar-refractivity contribution in [3.8, 4) is 67.9 Å². The second kappa shape index (κ2) is 30.5. The van der Waals surface area contributed by atoms with E-state index in [1.54, 1.807) is 73.2 Å². The van der Waals surface area contributed by atoms with Crippen LogP contribution in [0.5, 0.6) is 0 Å². The molecule has 6 fully saturated rings. The quantitative estimate of drug-likeness (QED) is 0.0880. The molecule has 3 aromatic carbocycles. The molecule has 0 unspecified atom stereocenters. The SMILES string of the molecule is CC(=O)OCc1cc(-c2nc(-c3ccccc3F)c3c(n2)[C@]2(C)CCC4(OCCO4)[C@H](C)[C@H]2CC3)ccn1.C[C@@H]1[C@H]2CCc3c(-c4ccccc4F)nc(-c4ccnc(CO)c4)nc3[C@]2(C)CCC12OCCO2.C[C@@H]1[C@H]2CCc3c(-c4ccccc4F)nc(-c4ccnc(COS(C)(=O)=O)c4)nc3[C@]2(C)CCC12OCCO2. The zero-order chi connectivity index (χ0) is 78.1. The van der Waals surface area contributed by atoms with Crippen molar-refractivity contribution in [1.82, 2.24) is 44.9 Å². The number of hydrogen-bond donors (Lipinski definition) is 1. The number of benzene rings is 3. The van der Waals surface area contributed by atoms with E-state index in [-0.39, 0.29) is 83.2 Å². The van der Waals surface area contributed by atoms with Crippen LogP contribution in [0.1, 0.15) is 157 Å². The normalized spacial score (nSPS) is 26.1. The number of ether oxygens (including phenoxy) is 7. The van der Waals surface area contributed by atoms with Crippen LogP contribution in [-0.2, 0) is 108 Å². The highest BCUT2D eigenvalue weighted by atomic mass is 32.2. The number of nitrogens with zero attached hydrogens (tertiary/aromatic N) is 9. The molecule has 0 amide bonds. The van der Waals surface area contributed by atoms with E-state index < -0.39 is 27.5 Å². The van der Waals surface area contributed by atoms with Gasteiger partial charge in [0.2, 0.25) is 0 Å². The number of rotatable bonds is 12. The fourth-order valence-corrected chi connectivity index (χ4v) is 20.6. The summed E-state index contributed by atoms with van der Waals surface area (Å²) in [6, 6.07) is 31.1. The third-order valence-corrected chi connectivity index (χ3v) is 26.6. The average molecular weight is 1550 g/mol. The number of fused-ring (bicyclic) bond motifs is 9. The number of aromatic nitrogens is 9. The number of aliphatic hydroxyl groups is 1. The summed E-state index contributed by atoms with van der Waals surface area (Å²) in [5.74, 6) is 0.0724. The third kappa shape index (κ3) is 14.1. The molecule has 6 aromatic heterocycles. The molecule has 3 saturated heterocycles. The predicted molar refractivity (Wildman–Crippen MR) is 410 cm³/mol. The van der Waals surface area contributed by atoms with Gasteiger partial charge in [-0.2, -0.15) is 8.42 Å². The largest absolute Gasteiger partial charge is 0.459 e. The zero-order valence-electron chi connectivity index (χ0n) is 64.4. The topological polar surface area (TPSA) is 261 Å². The first kappa shape index (κ1) is 77.2. The fraction of sp³-hybridized carbons (Fsp3) is 0.471. The molecule has 0 bridgehead atoms. The summed E-state index contributed by atoms with van der Waals surface area (Å²) in [7, 11) is -3.63. The standard InChI is InChI=1S/C30H32FN3O4.C29H32FN3O5S.C28H30FN3O3/c1-18-24-9-8-23-26(22-6-4-5-7-25(22)31)33-28(20-10-13-32-21(16-20)17-36-19(2)35)34-27(23)29(24,3)11-12-30(18)37-14-15-38-30;1-18-23-9-8-22-25(21-6-4-5-7-24(21)30)32-27(19-10-13-31-20(16-19)17-38-39(3,34)35)33-26(22)28(23,2)11-12-29(18)36-14-15-37-29;1-17-22-8-7-21-24(20-5-3-4-6-23(20)29)31-26(18-9-12-30-19(15-18)16-33)32-25(21)27(22,2)10-11-28(17)34-13-14-35-28/h4-7,10,13,16,18,24H,8-9,11-12,14-15,17H2,1-3H3;4-7,10,13,16,18,23H,8-9,11-12,14-15,17H2,1-3H3;3-6,9,12,15,17,22,33H,7-8,10-11,13-14,16H2,1-2H3/t18-,24-,29-;18-,23-,28-;17-,22-,27-/m111/s1. The van der Waals surface area contributed by atoms with Crippen LogP contribution in [-0.4, -0.2) is 128 Å². The highest BCUT2D eigenvalue weighted by molar-refractivity contribution is 7.85. The lowest BCUT2D eigenvalue weighted by molar-refractivity contribution is -0.234. The Bertz CT molecular complexity index is 5200. The minimum atomic E-state index is -3.63. The van der Waals surface area contributed by atoms with E-state index in [1.807, 2.05) is 36.4 Å². The lowest BCUT2D eigenvalue weighted by atomic mass is 9.54. The van der Waals surface area contributed by atoms with E-state index in [0.717, 1.165) is 128 Å². The maximum Gasteiger partial charge on any atom is 0.303 e. The zero-order valence-corrected chi connectivity index (χ0v) is 65.3. The lowest BCUT2D eigenvalue weighted by Gasteiger charge is -2.54. The van der Waals surface area contributed by atoms with Crippen LogP contribution in [0.4, 0.5) is 13.2 Å². The first-order valence-corrected chi connectivity index (χ1v) is 40.9. The number of aliphatic hydroxyl groups excluding tert-OH is 1. The first-order valence-electron chi connectivity index (χ1n) is 39.1. The first-order chi connectivity index (χ1) is 53.9. The second-order valence-electron chi connectivity index (χ2n) is 32.2. The predicted octanol–water partition coefficient (Wildman–Crippen LogP) is 15.0. The minimum Gasteiger partial charge on any atom is -0.459 e. The number of carbonyl (C=O) groups is 1. The summed E-state index contributed by atoms with van der Waals surface area (Å²) in [5, 5.41) is 9.62. The number of hydrogen-bond acceptors (Lipinski definition) is 21. The van der Waals surface area contributed by atoms with Gasteiger partial charge < -0.3 is 38.3 Å². The summed E-state index contributed by atoms with van der Waals surface area (Å²) in [5.41, 5.74) is 12.3. The monoisotopic (exact) mass is 1550 g/mol. The maximum absolute atomic E-state index is 15.2. The van der Waals surface area contributed by atoms with E-state index in [2.05, 4.69) is 56.5 Å². The van der Waals surface area contributed by atoms with Crippen molar-refractivity contribution in [1.29, 1.82) is 0 Å². The van der Waals surface area contributed by atoms with Gasteiger partial charge in [0.05, 0.1) is 104 Å². The van der Waals surface area contributed by atoms with Crippen molar-refractivity contribution >= 4 is 16.1 Å². The van der Waals surface area contributed by atoms with Crippen molar-refractivity contribution in [2.24, 2.45) is 35.5 Å². The molecule has 0 radical (unpaired) electrons. The summed E-state index contributed by atoms with van der Waals surface area (Å²) in [6.07, 6.45) is 15.9. The summed E-state index contributed by atoms with van der Waals surface area (Å²) in [6.45, 7) is 18.4. The fourth-order valence-electron chi connectivity index (χ4n) is 20.3. The highest BCUT2D eigenvalue weighted by Crippen LogP contribution is 2.61. The van der Waals surface area contributed by atoms with Gasteiger partial charge in [-0.25, -0.2) is 43.1 Å². The summed E-state index contributed by atoms with van der Waals surface area (Å²) >= 11 is 0. The molecule has 3 spiro atoms. The van der Waals surface area contributed by atoms with Crippen LogP contribution in [0.2, 0.25) is 0 Å². The Morgan fingerprint density at radius 2 is 0.777 bits per heavy atom. The smallest absolute Gasteiger partial charge is 0.303 e. The van der Waals surface area contributed by atoms with E-state index in [9.17, 15) is 18.3 Å². The second-order valence-corrected chi connectivity index (χ2v) is 33.8. The third-order valence-electron chi connectivity index (χ3n) is 26.0. The summed E-state index contributed by atoms with van der Waals surface area (Å²) < 4.78 is 116. The van der Waals surface area contributed by atoms with E-state index in [0.29, 0.717) is 125 Å². The van der Waals surface area contributed by atoms with Crippen LogP contribution < -0.4 is 0 Å². The van der Waals surface area contributed by atoms with Crippen molar-refractivity contribution < 1.29 is 68.8 Å². The number of halogens is 3. The number of carbonyl (C=O) groups excluding carboxylic acids is 1. The van der Waals surface area contributed by atoms with Gasteiger partial charge in [0, 0.05) is 129 Å². The highest BCUT2D eigenvalue weighted by Gasteiger charge is 2.61. The van der Waals surface area contributed by atoms with Crippen LogP contribution in [0.25, 0.3) is 67.9 Å². The molecule has 9 aliphatic rings. The van der Waals surface area contributed by atoms with Gasteiger partial charge in [-0.1, -0.05) is 77.9 Å². The molecule has 3 aliphatic heterocycles. The molecule has 9 atom stereocenters. The Morgan fingerprint density at radius 1 is 0.464 bits per heavy atom. The number of esters is 1. The molecular weight excluding hydrogens is 1450 g/mol. The van der Waals surface area contributed by atoms with Gasteiger partial charge in [-0.15, -0.1) is 0 Å². The average Bonchev–Trinajstić information content (AvgIpc) is 1.07. The van der Waals surface area contributed by atoms with Crippen molar-refractivity contribution in [3.63, 3.8) is 0 Å². The minimum absolute atomic E-state index is 0.0632. The maximum atomic E-state index is 15.2. The van der Waals surface area contributed by atoms with Crippen molar-refractivity contribution in [3.05, 3.63) is 196 Å². The van der Waals surface area contributed by atoms with Gasteiger partial charge in [-0.05, 0) is 148 Å². The van der Waals surface area contributed by atoms with Gasteiger partial charge in [0.25, 0.3) is 10.1 Å². The van der Waals surface area contributed by atoms with Gasteiger partial charge in [-0.3, -0.25) is 23.9 Å². The molecule has 3 saturated carbocycles. The molecule has 112 heavy (non-hydrogen) atoms. The Hall–Kier alpha value is -8.76. The van der Waals surface area contributed by atoms with Crippen molar-refractivity contribution in [2.45, 2.75) is 179 Å². The molecule has 25 heteroatoms. The van der Waals surface area contributed by atoms with E-state index >= 15 is 13.2 Å². The molecule has 18 rings (SSSR count). The van der Waals surface area contributed by atoms with E-state index in [4.69, 9.17) is 67.2 Å². The molecule has 6 aliphatic carbocycles. The number of pyridine rings is 3. The van der Waals surface area contributed by atoms with Crippen LogP contribution in [0.3, 0.4) is 0 Å². The van der Waals surface area contributed by atoms with Crippen LogP contribution in [0.15, 0.2) is 128 Å². The Balaban J connectivity index is 0.000000127. The molecule has 1 N–H and O–H groups in total. The Morgan fingerprint density at radius 3 is 1.09 bits per heavy atom. The molecule has 586 valence electrons. The Labute approximate surface area is 650 Å². The molecule has 21 nitrogen and oxygen atoms in total.